The first-order chi connectivity index (χ1) is 12.9. The fourth-order valence-corrected chi connectivity index (χ4v) is 2.70. The molecule has 0 saturated heterocycles. The molecular weight excluding hydrogens is 353 g/mol. The van der Waals surface area contributed by atoms with E-state index in [-0.39, 0.29) is 0 Å². The fourth-order valence-electron chi connectivity index (χ4n) is 2.70. The number of benzene rings is 2. The van der Waals surface area contributed by atoms with Crippen LogP contribution in [0.15, 0.2) is 54.7 Å². The zero-order valence-corrected chi connectivity index (χ0v) is 15.8. The average molecular weight is 376 g/mol. The quantitative estimate of drug-likeness (QED) is 0.562. The molecular formula is C21H23F3N2O. The van der Waals surface area contributed by atoms with Crippen molar-refractivity contribution in [2.75, 3.05) is 7.11 Å². The van der Waals surface area contributed by atoms with Crippen molar-refractivity contribution in [2.24, 2.45) is 0 Å². The molecule has 1 aromatic heterocycles. The number of aryl methyl sites for hydroxylation is 1. The number of ether oxygens (including phenoxy) is 1. The van der Waals surface area contributed by atoms with Crippen molar-refractivity contribution in [1.29, 1.82) is 0 Å². The number of para-hydroxylation sites is 1. The summed E-state index contributed by atoms with van der Waals surface area (Å²) < 4.78 is 45.6. The maximum absolute atomic E-state index is 12.7. The molecule has 0 radical (unpaired) electrons. The Bertz CT molecular complexity index is 868. The number of alkyl halides is 3. The lowest BCUT2D eigenvalue weighted by molar-refractivity contribution is -0.137. The zero-order chi connectivity index (χ0) is 20.0. The first-order valence-electron chi connectivity index (χ1n) is 8.72. The lowest BCUT2D eigenvalue weighted by atomic mass is 10.1. The molecule has 0 aliphatic rings. The van der Waals surface area contributed by atoms with E-state index in [9.17, 15) is 13.2 Å². The fraction of sp³-hybridized carbons (Fsp3) is 0.286. The number of methoxy groups -OCH3 is 1. The second-order valence-corrected chi connectivity index (χ2v) is 5.70. The molecule has 3 aromatic rings. The second kappa shape index (κ2) is 8.75. The molecule has 0 unspecified atom stereocenters. The monoisotopic (exact) mass is 376 g/mol. The highest BCUT2D eigenvalue weighted by atomic mass is 19.4. The number of halogens is 3. The molecule has 0 N–H and O–H groups in total. The van der Waals surface area contributed by atoms with E-state index in [0.29, 0.717) is 17.9 Å². The van der Waals surface area contributed by atoms with Gasteiger partial charge >= 0.3 is 6.18 Å². The van der Waals surface area contributed by atoms with E-state index in [2.05, 4.69) is 4.98 Å². The second-order valence-electron chi connectivity index (χ2n) is 5.70. The van der Waals surface area contributed by atoms with Gasteiger partial charge in [-0.3, -0.25) is 0 Å². The van der Waals surface area contributed by atoms with Crippen molar-refractivity contribution in [3.05, 3.63) is 71.5 Å². The summed E-state index contributed by atoms with van der Waals surface area (Å²) in [4.78, 5) is 4.37. The van der Waals surface area contributed by atoms with Crippen molar-refractivity contribution in [3.63, 3.8) is 0 Å². The number of nitrogens with zero attached hydrogens (tertiary/aromatic N) is 2. The molecule has 0 aliphatic carbocycles. The summed E-state index contributed by atoms with van der Waals surface area (Å²) in [5.74, 6) is 1.38. The van der Waals surface area contributed by atoms with E-state index < -0.39 is 11.7 Å². The van der Waals surface area contributed by atoms with Crippen LogP contribution in [0.3, 0.4) is 0 Å². The van der Waals surface area contributed by atoms with Crippen LogP contribution >= 0.6 is 0 Å². The minimum absolute atomic E-state index is 0.520. The van der Waals surface area contributed by atoms with Crippen LogP contribution in [0.2, 0.25) is 0 Å². The van der Waals surface area contributed by atoms with Crippen LogP contribution in [0.1, 0.15) is 30.7 Å². The van der Waals surface area contributed by atoms with Crippen molar-refractivity contribution >= 4 is 0 Å². The minimum atomic E-state index is -4.35. The predicted molar refractivity (Wildman–Crippen MR) is 101 cm³/mol. The molecule has 0 fully saturated rings. The summed E-state index contributed by atoms with van der Waals surface area (Å²) in [6.07, 6.45) is -2.64. The third-order valence-corrected chi connectivity index (χ3v) is 4.05. The molecule has 2 aromatic carbocycles. The SMILES string of the molecule is CC.COc1ccccc1Cn1c(C)cnc1-c1ccc(C(F)(F)F)cc1. The van der Waals surface area contributed by atoms with Gasteiger partial charge in [0.15, 0.2) is 0 Å². The third-order valence-electron chi connectivity index (χ3n) is 4.05. The van der Waals surface area contributed by atoms with E-state index in [4.69, 9.17) is 4.74 Å². The summed E-state index contributed by atoms with van der Waals surface area (Å²) in [6, 6.07) is 12.7. The first-order valence-corrected chi connectivity index (χ1v) is 8.72. The summed E-state index contributed by atoms with van der Waals surface area (Å²) in [7, 11) is 1.61. The summed E-state index contributed by atoms with van der Waals surface area (Å²) in [5, 5.41) is 0. The molecule has 3 rings (SSSR count). The van der Waals surface area contributed by atoms with Gasteiger partial charge < -0.3 is 9.30 Å². The van der Waals surface area contributed by atoms with Crippen LogP contribution in [-0.4, -0.2) is 16.7 Å². The minimum Gasteiger partial charge on any atom is -0.496 e. The molecule has 0 spiro atoms. The van der Waals surface area contributed by atoms with Gasteiger partial charge in [-0.1, -0.05) is 44.2 Å². The van der Waals surface area contributed by atoms with Crippen molar-refractivity contribution in [1.82, 2.24) is 9.55 Å². The van der Waals surface area contributed by atoms with Crippen LogP contribution in [0.5, 0.6) is 5.75 Å². The highest BCUT2D eigenvalue weighted by Gasteiger charge is 2.30. The van der Waals surface area contributed by atoms with Gasteiger partial charge in [-0.25, -0.2) is 4.98 Å². The molecule has 0 atom stereocenters. The van der Waals surface area contributed by atoms with Gasteiger partial charge in [-0.15, -0.1) is 0 Å². The Balaban J connectivity index is 0.00000126. The summed E-state index contributed by atoms with van der Waals surface area (Å²) in [5.41, 5.74) is 1.85. The lowest BCUT2D eigenvalue weighted by Crippen LogP contribution is -2.07. The van der Waals surface area contributed by atoms with E-state index in [1.54, 1.807) is 13.3 Å². The number of hydrogen-bond acceptors (Lipinski definition) is 2. The van der Waals surface area contributed by atoms with Crippen LogP contribution in [0.4, 0.5) is 13.2 Å². The van der Waals surface area contributed by atoms with Gasteiger partial charge in [0.25, 0.3) is 0 Å². The maximum Gasteiger partial charge on any atom is 0.416 e. The normalized spacial score (nSPS) is 10.9. The van der Waals surface area contributed by atoms with Gasteiger partial charge in [-0.05, 0) is 25.1 Å². The Morgan fingerprint density at radius 2 is 1.63 bits per heavy atom. The smallest absolute Gasteiger partial charge is 0.416 e. The molecule has 0 bridgehead atoms. The highest BCUT2D eigenvalue weighted by Crippen LogP contribution is 2.31. The van der Waals surface area contributed by atoms with Crippen molar-refractivity contribution < 1.29 is 17.9 Å². The average Bonchev–Trinajstić information content (AvgIpc) is 3.04. The van der Waals surface area contributed by atoms with Crippen LogP contribution in [0, 0.1) is 6.92 Å². The van der Waals surface area contributed by atoms with Crippen molar-refractivity contribution in [2.45, 2.75) is 33.5 Å². The maximum atomic E-state index is 12.7. The largest absolute Gasteiger partial charge is 0.496 e. The first kappa shape index (κ1) is 20.6. The topological polar surface area (TPSA) is 27.1 Å². The molecule has 27 heavy (non-hydrogen) atoms. The Kier molecular flexibility index (Phi) is 6.66. The van der Waals surface area contributed by atoms with E-state index >= 15 is 0 Å². The number of rotatable bonds is 4. The summed E-state index contributed by atoms with van der Waals surface area (Å²) >= 11 is 0. The summed E-state index contributed by atoms with van der Waals surface area (Å²) in [6.45, 7) is 6.43. The molecule has 6 heteroatoms. The molecule has 144 valence electrons. The van der Waals surface area contributed by atoms with Gasteiger partial charge in [0.1, 0.15) is 11.6 Å². The molecule has 0 aliphatic heterocycles. The molecule has 1 heterocycles. The van der Waals surface area contributed by atoms with Gasteiger partial charge in [0.05, 0.1) is 19.2 Å². The highest BCUT2D eigenvalue weighted by molar-refractivity contribution is 5.57. The van der Waals surface area contributed by atoms with Gasteiger partial charge in [0, 0.05) is 23.0 Å². The van der Waals surface area contributed by atoms with E-state index in [0.717, 1.165) is 29.1 Å². The number of aromatic nitrogens is 2. The molecule has 0 saturated carbocycles. The molecule has 3 nitrogen and oxygen atoms in total. The Morgan fingerprint density at radius 3 is 2.22 bits per heavy atom. The lowest BCUT2D eigenvalue weighted by Gasteiger charge is -2.14. The third kappa shape index (κ3) is 4.70. The Morgan fingerprint density at radius 1 is 1.00 bits per heavy atom. The molecule has 0 amide bonds. The van der Waals surface area contributed by atoms with Crippen LogP contribution < -0.4 is 4.74 Å². The Hall–Kier alpha value is -2.76. The standard InChI is InChI=1S/C19H17F3N2O.C2H6/c1-13-11-23-18(14-7-9-16(10-8-14)19(20,21)22)24(13)12-15-5-3-4-6-17(15)25-2;1-2/h3-11H,12H2,1-2H3;1-2H3. The van der Waals surface area contributed by atoms with Crippen LogP contribution in [0.25, 0.3) is 11.4 Å². The number of hydrogen-bond donors (Lipinski definition) is 0. The zero-order valence-electron chi connectivity index (χ0n) is 15.8. The Labute approximate surface area is 157 Å². The van der Waals surface area contributed by atoms with Crippen LogP contribution in [-0.2, 0) is 12.7 Å². The van der Waals surface area contributed by atoms with Gasteiger partial charge in [0.2, 0.25) is 0 Å². The number of imidazole rings is 1. The predicted octanol–water partition coefficient (Wildman–Crippen LogP) is 5.96. The van der Waals surface area contributed by atoms with Gasteiger partial charge in [-0.2, -0.15) is 13.2 Å². The van der Waals surface area contributed by atoms with E-state index in [1.165, 1.54) is 12.1 Å². The van der Waals surface area contributed by atoms with Crippen molar-refractivity contribution in [3.8, 4) is 17.1 Å². The van der Waals surface area contributed by atoms with E-state index in [1.807, 2.05) is 49.6 Å².